The molecule has 2 aliphatic heterocycles. The summed E-state index contributed by atoms with van der Waals surface area (Å²) in [5, 5.41) is 14.2. The molecule has 9 nitrogen and oxygen atoms in total. The van der Waals surface area contributed by atoms with Gasteiger partial charge in [-0.15, -0.1) is 0 Å². The molecule has 2 amide bonds. The van der Waals surface area contributed by atoms with Crippen LogP contribution in [0, 0.1) is 5.82 Å². The molecule has 0 unspecified atom stereocenters. The van der Waals surface area contributed by atoms with Gasteiger partial charge in [0.25, 0.3) is 0 Å². The molecule has 2 aromatic carbocycles. The van der Waals surface area contributed by atoms with E-state index >= 15 is 0 Å². The summed E-state index contributed by atoms with van der Waals surface area (Å²) in [6, 6.07) is 11.4. The molecular formula is C25H23FN4O5. The number of hydrogen-bond donors (Lipinski definition) is 2. The molecule has 0 spiro atoms. The van der Waals surface area contributed by atoms with Crippen molar-refractivity contribution in [2.45, 2.75) is 12.5 Å². The zero-order valence-electron chi connectivity index (χ0n) is 18.6. The minimum absolute atomic E-state index is 0.00459. The Labute approximate surface area is 200 Å². The van der Waals surface area contributed by atoms with Gasteiger partial charge in [-0.2, -0.15) is 0 Å². The lowest BCUT2D eigenvalue weighted by Crippen LogP contribution is -2.33. The van der Waals surface area contributed by atoms with Gasteiger partial charge in [0.2, 0.25) is 5.91 Å². The fourth-order valence-electron chi connectivity index (χ4n) is 3.70. The highest BCUT2D eigenvalue weighted by Crippen LogP contribution is 2.29. The number of allylic oxidation sites excluding steroid dienone is 1. The van der Waals surface area contributed by atoms with Crippen LogP contribution in [-0.2, 0) is 14.3 Å². The Morgan fingerprint density at radius 2 is 1.97 bits per heavy atom. The molecule has 0 aromatic heterocycles. The van der Waals surface area contributed by atoms with Crippen LogP contribution in [-0.4, -0.2) is 54.9 Å². The minimum atomic E-state index is -0.623. The van der Waals surface area contributed by atoms with Gasteiger partial charge in [-0.3, -0.25) is 14.5 Å². The van der Waals surface area contributed by atoms with Gasteiger partial charge < -0.3 is 20.2 Å². The first-order valence-corrected chi connectivity index (χ1v) is 10.9. The number of hydrogen-bond acceptors (Lipinski definition) is 7. The van der Waals surface area contributed by atoms with Crippen molar-refractivity contribution in [3.8, 4) is 0 Å². The van der Waals surface area contributed by atoms with Crippen LogP contribution in [0.5, 0.6) is 0 Å². The summed E-state index contributed by atoms with van der Waals surface area (Å²) in [7, 11) is 0. The van der Waals surface area contributed by atoms with Crippen molar-refractivity contribution in [1.29, 1.82) is 0 Å². The normalized spacial score (nSPS) is 18.0. The Hall–Kier alpha value is -4.47. The molecule has 0 saturated carbocycles. The average molecular weight is 478 g/mol. The lowest BCUT2D eigenvalue weighted by Gasteiger charge is -2.24. The molecule has 2 heterocycles. The Balaban J connectivity index is 1.31. The van der Waals surface area contributed by atoms with Gasteiger partial charge in [0.05, 0.1) is 30.7 Å². The number of carbonyl (C=O) groups is 3. The summed E-state index contributed by atoms with van der Waals surface area (Å²) in [5.41, 5.74) is 2.16. The van der Waals surface area contributed by atoms with Gasteiger partial charge in [0.15, 0.2) is 5.78 Å². The number of amides is 2. The SMILES string of the molecule is O=C1C=CN(c2ccc(N3C[C@H](CNC(=O)C=Cc4ccc(C=NO)cc4)OC3=O)cc2F)CC1. The van der Waals surface area contributed by atoms with Gasteiger partial charge >= 0.3 is 6.09 Å². The molecule has 2 aliphatic rings. The largest absolute Gasteiger partial charge is 0.442 e. The van der Waals surface area contributed by atoms with Crippen LogP contribution in [0.15, 0.2) is 66.0 Å². The maximum Gasteiger partial charge on any atom is 0.414 e. The number of oxime groups is 1. The van der Waals surface area contributed by atoms with Crippen molar-refractivity contribution >= 4 is 41.4 Å². The number of carbonyl (C=O) groups excluding carboxylic acids is 3. The van der Waals surface area contributed by atoms with Gasteiger partial charge in [0.1, 0.15) is 11.9 Å². The maximum atomic E-state index is 14.7. The van der Waals surface area contributed by atoms with Crippen molar-refractivity contribution in [2.24, 2.45) is 5.16 Å². The van der Waals surface area contributed by atoms with E-state index < -0.39 is 18.0 Å². The standard InChI is InChI=1S/C25H23FN4O5/c26-22-13-19(6-7-23(22)29-11-9-20(31)10-12-29)30-16-21(35-25(30)33)15-27-24(32)8-5-17-1-3-18(4-2-17)14-28-34/h1-9,11,13-14,21,34H,10,12,15-16H2,(H,27,32)/t21-/m0/s1. The second-order valence-corrected chi connectivity index (χ2v) is 7.97. The maximum absolute atomic E-state index is 14.7. The van der Waals surface area contributed by atoms with E-state index in [1.807, 2.05) is 0 Å². The third-order valence-corrected chi connectivity index (χ3v) is 5.54. The van der Waals surface area contributed by atoms with E-state index in [9.17, 15) is 18.8 Å². The smallest absolute Gasteiger partial charge is 0.414 e. The summed E-state index contributed by atoms with van der Waals surface area (Å²) in [6.45, 7) is 0.648. The first-order chi connectivity index (χ1) is 16.9. The van der Waals surface area contributed by atoms with Crippen LogP contribution in [0.4, 0.5) is 20.6 Å². The van der Waals surface area contributed by atoms with Crippen LogP contribution in [0.2, 0.25) is 0 Å². The van der Waals surface area contributed by atoms with Crippen molar-refractivity contribution in [2.75, 3.05) is 29.4 Å². The molecule has 180 valence electrons. The van der Waals surface area contributed by atoms with Crippen LogP contribution in [0.25, 0.3) is 6.08 Å². The summed E-state index contributed by atoms with van der Waals surface area (Å²) in [6.07, 6.45) is 6.34. The van der Waals surface area contributed by atoms with E-state index in [0.29, 0.717) is 24.3 Å². The number of rotatable bonds is 7. The molecule has 0 bridgehead atoms. The second-order valence-electron chi connectivity index (χ2n) is 7.97. The first kappa shape index (κ1) is 23.7. The zero-order valence-corrected chi connectivity index (χ0v) is 18.6. The van der Waals surface area contributed by atoms with E-state index in [1.54, 1.807) is 53.6 Å². The topological polar surface area (TPSA) is 112 Å². The number of halogens is 1. The molecule has 0 aliphatic carbocycles. The lowest BCUT2D eigenvalue weighted by molar-refractivity contribution is -0.117. The van der Waals surface area contributed by atoms with Gasteiger partial charge in [0, 0.05) is 25.2 Å². The van der Waals surface area contributed by atoms with E-state index in [1.165, 1.54) is 29.3 Å². The summed E-state index contributed by atoms with van der Waals surface area (Å²) in [4.78, 5) is 38.8. The van der Waals surface area contributed by atoms with Crippen molar-refractivity contribution < 1.29 is 28.7 Å². The predicted molar refractivity (Wildman–Crippen MR) is 128 cm³/mol. The van der Waals surface area contributed by atoms with Crippen LogP contribution < -0.4 is 15.1 Å². The number of nitrogens with zero attached hydrogens (tertiary/aromatic N) is 3. The summed E-state index contributed by atoms with van der Waals surface area (Å²) < 4.78 is 20.0. The molecule has 4 rings (SSSR count). The lowest BCUT2D eigenvalue weighted by atomic mass is 10.1. The van der Waals surface area contributed by atoms with E-state index in [0.717, 1.165) is 11.1 Å². The highest BCUT2D eigenvalue weighted by Gasteiger charge is 2.33. The van der Waals surface area contributed by atoms with E-state index in [4.69, 9.17) is 9.94 Å². The molecule has 2 aromatic rings. The van der Waals surface area contributed by atoms with Crippen LogP contribution in [0.3, 0.4) is 0 Å². The highest BCUT2D eigenvalue weighted by atomic mass is 19.1. The summed E-state index contributed by atoms with van der Waals surface area (Å²) >= 11 is 0. The Morgan fingerprint density at radius 3 is 2.66 bits per heavy atom. The number of anilines is 2. The molecular weight excluding hydrogens is 455 g/mol. The Kier molecular flexibility index (Phi) is 7.20. The van der Waals surface area contributed by atoms with E-state index in [2.05, 4.69) is 10.5 Å². The summed E-state index contributed by atoms with van der Waals surface area (Å²) in [5.74, 6) is -0.883. The number of cyclic esters (lactones) is 1. The quantitative estimate of drug-likeness (QED) is 0.274. The Bertz CT molecular complexity index is 1210. The number of ether oxygens (including phenoxy) is 1. The van der Waals surface area contributed by atoms with E-state index in [-0.39, 0.29) is 24.8 Å². The first-order valence-electron chi connectivity index (χ1n) is 10.9. The number of benzene rings is 2. The zero-order chi connectivity index (χ0) is 24.8. The van der Waals surface area contributed by atoms with Gasteiger partial charge in [-0.05, 0) is 41.5 Å². The molecule has 10 heteroatoms. The number of nitrogens with one attached hydrogen (secondary N) is 1. The Morgan fingerprint density at radius 1 is 1.20 bits per heavy atom. The molecule has 1 fully saturated rings. The van der Waals surface area contributed by atoms with Crippen molar-refractivity contribution in [3.63, 3.8) is 0 Å². The van der Waals surface area contributed by atoms with Crippen molar-refractivity contribution in [1.82, 2.24) is 5.32 Å². The third kappa shape index (κ3) is 5.91. The monoisotopic (exact) mass is 478 g/mol. The number of ketones is 1. The average Bonchev–Trinajstić information content (AvgIpc) is 3.23. The fourth-order valence-corrected chi connectivity index (χ4v) is 3.70. The molecule has 2 N–H and O–H groups in total. The predicted octanol–water partition coefficient (Wildman–Crippen LogP) is 3.08. The molecule has 35 heavy (non-hydrogen) atoms. The minimum Gasteiger partial charge on any atom is -0.442 e. The fraction of sp³-hybridized carbons (Fsp3) is 0.200. The molecule has 1 atom stereocenters. The van der Waals surface area contributed by atoms with Crippen LogP contribution >= 0.6 is 0 Å². The van der Waals surface area contributed by atoms with Gasteiger partial charge in [-0.1, -0.05) is 29.4 Å². The highest BCUT2D eigenvalue weighted by molar-refractivity contribution is 5.93. The van der Waals surface area contributed by atoms with Gasteiger partial charge in [-0.25, -0.2) is 9.18 Å². The van der Waals surface area contributed by atoms with Crippen molar-refractivity contribution in [3.05, 3.63) is 77.8 Å². The molecule has 1 saturated heterocycles. The van der Waals surface area contributed by atoms with Crippen LogP contribution in [0.1, 0.15) is 17.5 Å². The third-order valence-electron chi connectivity index (χ3n) is 5.54. The molecule has 0 radical (unpaired) electrons. The second kappa shape index (κ2) is 10.6.